The van der Waals surface area contributed by atoms with E-state index in [4.69, 9.17) is 0 Å². The van der Waals surface area contributed by atoms with E-state index >= 15 is 0 Å². The van der Waals surface area contributed by atoms with Crippen molar-refractivity contribution in [1.29, 1.82) is 0 Å². The zero-order chi connectivity index (χ0) is 13.3. The van der Waals surface area contributed by atoms with E-state index < -0.39 is 0 Å². The van der Waals surface area contributed by atoms with E-state index in [1.165, 1.54) is 63.6 Å². The van der Waals surface area contributed by atoms with Gasteiger partial charge in [-0.05, 0) is 37.3 Å². The Labute approximate surface area is 119 Å². The number of hydrogen-bond donors (Lipinski definition) is 0. The molecule has 1 atom stereocenters. The van der Waals surface area contributed by atoms with Crippen LogP contribution in [0.1, 0.15) is 57.4 Å². The van der Waals surface area contributed by atoms with Crippen molar-refractivity contribution >= 4 is 0 Å². The monoisotopic (exact) mass is 259 g/mol. The number of hydrogen-bond acceptors (Lipinski definition) is 1. The summed E-state index contributed by atoms with van der Waals surface area (Å²) in [7, 11) is 0. The van der Waals surface area contributed by atoms with Gasteiger partial charge < -0.3 is 0 Å². The summed E-state index contributed by atoms with van der Waals surface area (Å²) in [5, 5.41) is 0. The van der Waals surface area contributed by atoms with Crippen molar-refractivity contribution in [2.24, 2.45) is 5.92 Å². The molecule has 0 N–H and O–H groups in total. The molecule has 1 heteroatoms. The summed E-state index contributed by atoms with van der Waals surface area (Å²) in [6.45, 7) is 6.05. The van der Waals surface area contributed by atoms with E-state index in [2.05, 4.69) is 42.2 Å². The van der Waals surface area contributed by atoms with Gasteiger partial charge in [0.2, 0.25) is 0 Å². The van der Waals surface area contributed by atoms with Gasteiger partial charge in [0.1, 0.15) is 0 Å². The lowest BCUT2D eigenvalue weighted by Gasteiger charge is -2.32. The lowest BCUT2D eigenvalue weighted by Crippen LogP contribution is -2.34. The fourth-order valence-corrected chi connectivity index (χ4v) is 3.23. The zero-order valence-corrected chi connectivity index (χ0v) is 12.5. The Hall–Kier alpha value is -0.820. The summed E-state index contributed by atoms with van der Waals surface area (Å²) in [6, 6.07) is 10.9. The summed E-state index contributed by atoms with van der Waals surface area (Å²) in [6.07, 6.45) is 9.95. The number of unbranched alkanes of at least 4 members (excludes halogenated alkanes) is 3. The standard InChI is InChI=1S/C18H29N/c1-2-3-4-6-10-18-13-9-14-19(16-18)15-17-11-7-5-8-12-17/h5,7-8,11-12,18H,2-4,6,9-10,13-16H2,1H3. The normalized spacial score (nSPS) is 20.6. The second-order valence-electron chi connectivity index (χ2n) is 6.08. The first-order chi connectivity index (χ1) is 9.38. The number of nitrogens with zero attached hydrogens (tertiary/aromatic N) is 1. The van der Waals surface area contributed by atoms with Crippen molar-refractivity contribution in [3.05, 3.63) is 35.9 Å². The van der Waals surface area contributed by atoms with Gasteiger partial charge in [0.25, 0.3) is 0 Å². The van der Waals surface area contributed by atoms with E-state index in [0.29, 0.717) is 0 Å². The highest BCUT2D eigenvalue weighted by Crippen LogP contribution is 2.23. The topological polar surface area (TPSA) is 3.24 Å². The molecule has 0 bridgehead atoms. The van der Waals surface area contributed by atoms with E-state index in [0.717, 1.165) is 12.5 Å². The van der Waals surface area contributed by atoms with E-state index in [1.807, 2.05) is 0 Å². The maximum Gasteiger partial charge on any atom is 0.0233 e. The van der Waals surface area contributed by atoms with Gasteiger partial charge in [-0.1, -0.05) is 62.9 Å². The predicted molar refractivity (Wildman–Crippen MR) is 83.2 cm³/mol. The summed E-state index contributed by atoms with van der Waals surface area (Å²) >= 11 is 0. The molecule has 1 aliphatic heterocycles. The summed E-state index contributed by atoms with van der Waals surface area (Å²) in [5.41, 5.74) is 1.47. The van der Waals surface area contributed by atoms with Crippen LogP contribution in [0, 0.1) is 5.92 Å². The molecule has 1 unspecified atom stereocenters. The molecule has 1 nitrogen and oxygen atoms in total. The van der Waals surface area contributed by atoms with E-state index in [1.54, 1.807) is 0 Å². The minimum absolute atomic E-state index is 0.953. The average Bonchev–Trinajstić information content (AvgIpc) is 2.45. The molecule has 1 aliphatic rings. The average molecular weight is 259 g/mol. The van der Waals surface area contributed by atoms with Crippen LogP contribution in [0.4, 0.5) is 0 Å². The molecule has 19 heavy (non-hydrogen) atoms. The van der Waals surface area contributed by atoms with Gasteiger partial charge in [-0.2, -0.15) is 0 Å². The van der Waals surface area contributed by atoms with Crippen LogP contribution in [0.3, 0.4) is 0 Å². The molecule has 2 rings (SSSR count). The largest absolute Gasteiger partial charge is 0.299 e. The van der Waals surface area contributed by atoms with Crippen molar-refractivity contribution in [3.63, 3.8) is 0 Å². The van der Waals surface area contributed by atoms with Crippen molar-refractivity contribution in [2.45, 2.75) is 58.4 Å². The molecule has 1 fully saturated rings. The van der Waals surface area contributed by atoms with Gasteiger partial charge in [-0.3, -0.25) is 4.90 Å². The Morgan fingerprint density at radius 3 is 2.74 bits per heavy atom. The first kappa shape index (κ1) is 14.6. The van der Waals surface area contributed by atoms with Crippen LogP contribution in [0.15, 0.2) is 30.3 Å². The first-order valence-corrected chi connectivity index (χ1v) is 8.14. The quantitative estimate of drug-likeness (QED) is 0.631. The molecule has 1 aromatic rings. The van der Waals surface area contributed by atoms with Crippen molar-refractivity contribution in [2.75, 3.05) is 13.1 Å². The third-order valence-corrected chi connectivity index (χ3v) is 4.32. The highest BCUT2D eigenvalue weighted by molar-refractivity contribution is 5.14. The summed E-state index contributed by atoms with van der Waals surface area (Å²) in [4.78, 5) is 2.66. The molecule has 1 heterocycles. The summed E-state index contributed by atoms with van der Waals surface area (Å²) < 4.78 is 0. The predicted octanol–water partition coefficient (Wildman–Crippen LogP) is 4.87. The SMILES string of the molecule is CCCCCCC1CCCN(Cc2ccccc2)C1. The molecule has 0 amide bonds. The highest BCUT2D eigenvalue weighted by Gasteiger charge is 2.19. The van der Waals surface area contributed by atoms with Gasteiger partial charge >= 0.3 is 0 Å². The van der Waals surface area contributed by atoms with Crippen LogP contribution in [0.5, 0.6) is 0 Å². The smallest absolute Gasteiger partial charge is 0.0233 e. The molecule has 0 aromatic heterocycles. The van der Waals surface area contributed by atoms with Crippen LogP contribution in [-0.2, 0) is 6.54 Å². The maximum atomic E-state index is 2.66. The number of likely N-dealkylation sites (tertiary alicyclic amines) is 1. The molecule has 0 saturated carbocycles. The molecule has 0 radical (unpaired) electrons. The third-order valence-electron chi connectivity index (χ3n) is 4.32. The Morgan fingerprint density at radius 2 is 1.95 bits per heavy atom. The van der Waals surface area contributed by atoms with Crippen LogP contribution >= 0.6 is 0 Å². The minimum atomic E-state index is 0.953. The molecule has 1 saturated heterocycles. The van der Waals surface area contributed by atoms with E-state index in [9.17, 15) is 0 Å². The van der Waals surface area contributed by atoms with Crippen molar-refractivity contribution in [1.82, 2.24) is 4.90 Å². The van der Waals surface area contributed by atoms with Crippen LogP contribution in [0.25, 0.3) is 0 Å². The zero-order valence-electron chi connectivity index (χ0n) is 12.5. The lowest BCUT2D eigenvalue weighted by atomic mass is 9.92. The fourth-order valence-electron chi connectivity index (χ4n) is 3.23. The Balaban J connectivity index is 1.71. The van der Waals surface area contributed by atoms with Gasteiger partial charge in [0.05, 0.1) is 0 Å². The third kappa shape index (κ3) is 5.36. The minimum Gasteiger partial charge on any atom is -0.299 e. The van der Waals surface area contributed by atoms with Crippen LogP contribution < -0.4 is 0 Å². The van der Waals surface area contributed by atoms with E-state index in [-0.39, 0.29) is 0 Å². The molecular weight excluding hydrogens is 230 g/mol. The number of piperidine rings is 1. The van der Waals surface area contributed by atoms with Crippen molar-refractivity contribution < 1.29 is 0 Å². The Morgan fingerprint density at radius 1 is 1.11 bits per heavy atom. The summed E-state index contributed by atoms with van der Waals surface area (Å²) in [5.74, 6) is 0.953. The van der Waals surface area contributed by atoms with Gasteiger partial charge in [-0.15, -0.1) is 0 Å². The highest BCUT2D eigenvalue weighted by atomic mass is 15.1. The van der Waals surface area contributed by atoms with Crippen molar-refractivity contribution in [3.8, 4) is 0 Å². The lowest BCUT2D eigenvalue weighted by molar-refractivity contribution is 0.159. The number of rotatable bonds is 7. The molecular formula is C18H29N. The van der Waals surface area contributed by atoms with Gasteiger partial charge in [-0.25, -0.2) is 0 Å². The molecule has 1 aromatic carbocycles. The second-order valence-corrected chi connectivity index (χ2v) is 6.08. The molecule has 0 spiro atoms. The van der Waals surface area contributed by atoms with Gasteiger partial charge in [0, 0.05) is 13.1 Å². The van der Waals surface area contributed by atoms with Gasteiger partial charge in [0.15, 0.2) is 0 Å². The molecule has 0 aliphatic carbocycles. The van der Waals surface area contributed by atoms with Crippen LogP contribution in [0.2, 0.25) is 0 Å². The number of benzene rings is 1. The Bertz CT molecular complexity index is 333. The Kier molecular flexibility index (Phi) is 6.43. The van der Waals surface area contributed by atoms with Crippen LogP contribution in [-0.4, -0.2) is 18.0 Å². The maximum absolute atomic E-state index is 2.66. The fraction of sp³-hybridized carbons (Fsp3) is 0.667. The molecule has 106 valence electrons. The second kappa shape index (κ2) is 8.37. The first-order valence-electron chi connectivity index (χ1n) is 8.14.